The Morgan fingerprint density at radius 3 is 1.76 bits per heavy atom. The molecule has 2 aliphatic heterocycles. The SMILES string of the molecule is CC(C)CCCC(=O)NCCN.CC(C)CCCC(=O)O.CCNC1=NCCC[N+]1(C)C.NCCN.O=C1CCC(=O)N1O.[Cl-]. The van der Waals surface area contributed by atoms with Crippen LogP contribution in [0.2, 0.25) is 0 Å². The van der Waals surface area contributed by atoms with E-state index in [2.05, 4.69) is 64.3 Å². The fraction of sp³-hybridized carbons (Fsp3) is 0.833. The van der Waals surface area contributed by atoms with Gasteiger partial charge in [-0.3, -0.25) is 28.9 Å². The highest BCUT2D eigenvalue weighted by atomic mass is 35.5. The van der Waals surface area contributed by atoms with Gasteiger partial charge >= 0.3 is 5.97 Å². The van der Waals surface area contributed by atoms with Crippen molar-refractivity contribution in [1.82, 2.24) is 15.7 Å². The number of aliphatic imine (C=N–C) groups is 1. The van der Waals surface area contributed by atoms with Crippen molar-refractivity contribution in [1.29, 1.82) is 0 Å². The molecule has 1 fully saturated rings. The zero-order chi connectivity index (χ0) is 34.6. The molecule has 2 rings (SSSR count). The van der Waals surface area contributed by atoms with Crippen molar-refractivity contribution in [3.8, 4) is 0 Å². The fourth-order valence-electron chi connectivity index (χ4n) is 3.57. The second-order valence-electron chi connectivity index (χ2n) is 11.8. The van der Waals surface area contributed by atoms with E-state index in [4.69, 9.17) is 27.5 Å². The number of carbonyl (C=O) groups is 4. The second-order valence-corrected chi connectivity index (χ2v) is 11.8. The number of aliphatic carboxylic acids is 1. The van der Waals surface area contributed by atoms with E-state index in [0.717, 1.165) is 49.2 Å². The van der Waals surface area contributed by atoms with Crippen molar-refractivity contribution < 1.29 is 46.4 Å². The fourth-order valence-corrected chi connectivity index (χ4v) is 3.57. The minimum Gasteiger partial charge on any atom is -1.00 e. The van der Waals surface area contributed by atoms with Crippen molar-refractivity contribution in [2.75, 3.05) is 59.9 Å². The van der Waals surface area contributed by atoms with Crippen molar-refractivity contribution in [3.63, 3.8) is 0 Å². The van der Waals surface area contributed by atoms with Crippen LogP contribution in [-0.2, 0) is 19.2 Å². The molecule has 15 heteroatoms. The van der Waals surface area contributed by atoms with Crippen LogP contribution >= 0.6 is 0 Å². The summed E-state index contributed by atoms with van der Waals surface area (Å²) in [6, 6.07) is 0. The smallest absolute Gasteiger partial charge is 0.303 e. The third-order valence-electron chi connectivity index (χ3n) is 6.06. The summed E-state index contributed by atoms with van der Waals surface area (Å²) in [4.78, 5) is 45.9. The molecule has 0 saturated carbocycles. The summed E-state index contributed by atoms with van der Waals surface area (Å²) in [5.74, 6) is 0.886. The Bertz CT molecular complexity index is 795. The van der Waals surface area contributed by atoms with Crippen LogP contribution in [0.3, 0.4) is 0 Å². The Morgan fingerprint density at radius 1 is 0.933 bits per heavy atom. The molecule has 10 N–H and O–H groups in total. The van der Waals surface area contributed by atoms with Crippen LogP contribution in [0, 0.1) is 11.8 Å². The van der Waals surface area contributed by atoms with Crippen LogP contribution in [0.5, 0.6) is 0 Å². The Labute approximate surface area is 277 Å². The first-order valence-corrected chi connectivity index (χ1v) is 15.8. The summed E-state index contributed by atoms with van der Waals surface area (Å²) >= 11 is 0. The van der Waals surface area contributed by atoms with Gasteiger partial charge in [-0.1, -0.05) is 40.5 Å². The van der Waals surface area contributed by atoms with Crippen molar-refractivity contribution in [2.24, 2.45) is 34.0 Å². The van der Waals surface area contributed by atoms with E-state index in [9.17, 15) is 19.2 Å². The lowest BCUT2D eigenvalue weighted by atomic mass is 10.1. The normalized spacial score (nSPS) is 14.6. The number of nitrogens with one attached hydrogen (secondary N) is 2. The van der Waals surface area contributed by atoms with Crippen LogP contribution in [0.1, 0.15) is 92.4 Å². The highest BCUT2D eigenvalue weighted by molar-refractivity contribution is 6.00. The first-order chi connectivity index (χ1) is 20.6. The number of quaternary nitrogens is 1. The predicted molar refractivity (Wildman–Crippen MR) is 176 cm³/mol. The van der Waals surface area contributed by atoms with Gasteiger partial charge in [0.1, 0.15) is 0 Å². The van der Waals surface area contributed by atoms with Gasteiger partial charge in [0.15, 0.2) is 0 Å². The molecule has 14 nitrogen and oxygen atoms in total. The second kappa shape index (κ2) is 31.6. The van der Waals surface area contributed by atoms with Crippen LogP contribution in [-0.4, -0.2) is 109 Å². The summed E-state index contributed by atoms with van der Waals surface area (Å²) in [6.07, 6.45) is 6.40. The lowest BCUT2D eigenvalue weighted by molar-refractivity contribution is -0.804. The van der Waals surface area contributed by atoms with Crippen molar-refractivity contribution in [2.45, 2.75) is 92.4 Å². The molecular weight excluding hydrogens is 604 g/mol. The van der Waals surface area contributed by atoms with Crippen LogP contribution in [0.25, 0.3) is 0 Å². The summed E-state index contributed by atoms with van der Waals surface area (Å²) in [5, 5.41) is 22.8. The monoisotopic (exact) mass is 668 g/mol. The van der Waals surface area contributed by atoms with Crippen LogP contribution < -0.4 is 40.2 Å². The van der Waals surface area contributed by atoms with E-state index in [0.29, 0.717) is 50.9 Å². The number of imide groups is 1. The van der Waals surface area contributed by atoms with Crippen LogP contribution in [0.15, 0.2) is 4.99 Å². The summed E-state index contributed by atoms with van der Waals surface area (Å²) in [5.41, 5.74) is 15.0. The molecule has 0 aliphatic carbocycles. The summed E-state index contributed by atoms with van der Waals surface area (Å²) in [7, 11) is 4.39. The van der Waals surface area contributed by atoms with Crippen LogP contribution in [0.4, 0.5) is 0 Å². The lowest BCUT2D eigenvalue weighted by Gasteiger charge is -2.32. The molecule has 0 unspecified atom stereocenters. The number of guanidine groups is 1. The largest absolute Gasteiger partial charge is 1.00 e. The van der Waals surface area contributed by atoms with Crippen molar-refractivity contribution >= 4 is 29.7 Å². The molecular formula is C30H65ClN8O6. The third kappa shape index (κ3) is 32.8. The molecule has 0 aromatic rings. The van der Waals surface area contributed by atoms with Gasteiger partial charge in [0, 0.05) is 64.8 Å². The van der Waals surface area contributed by atoms with Gasteiger partial charge in [-0.25, -0.2) is 4.99 Å². The zero-order valence-corrected chi connectivity index (χ0v) is 29.7. The molecule has 0 aromatic carbocycles. The third-order valence-corrected chi connectivity index (χ3v) is 6.06. The number of nitrogens with two attached hydrogens (primary N) is 3. The molecule has 0 atom stereocenters. The first kappa shape index (κ1) is 49.5. The van der Waals surface area contributed by atoms with E-state index in [1.165, 1.54) is 13.0 Å². The number of amides is 3. The Hall–Kier alpha value is -2.36. The van der Waals surface area contributed by atoms with E-state index in [-0.39, 0.29) is 36.2 Å². The molecule has 0 radical (unpaired) electrons. The average Bonchev–Trinajstić information content (AvgIpc) is 3.24. The summed E-state index contributed by atoms with van der Waals surface area (Å²) in [6.45, 7) is 16.1. The van der Waals surface area contributed by atoms with Gasteiger partial charge in [-0.05, 0) is 31.6 Å². The van der Waals surface area contributed by atoms with Crippen molar-refractivity contribution in [3.05, 3.63) is 0 Å². The highest BCUT2D eigenvalue weighted by Crippen LogP contribution is 2.08. The number of hydroxylamine groups is 2. The van der Waals surface area contributed by atoms with Gasteiger partial charge < -0.3 is 45.3 Å². The summed E-state index contributed by atoms with van der Waals surface area (Å²) < 4.78 is 0.911. The minimum absolute atomic E-state index is 0. The van der Waals surface area contributed by atoms with Gasteiger partial charge in [-0.2, -0.15) is 5.06 Å². The number of carboxylic acid groups (broad SMARTS) is 1. The minimum atomic E-state index is -0.685. The predicted octanol–water partition coefficient (Wildman–Crippen LogP) is -1.35. The molecule has 0 spiro atoms. The molecule has 3 amide bonds. The molecule has 1 saturated heterocycles. The van der Waals surface area contributed by atoms with E-state index in [1.807, 2.05) is 0 Å². The van der Waals surface area contributed by atoms with Gasteiger partial charge in [0.2, 0.25) is 5.91 Å². The standard InChI is InChI=1S/C9H20N2O.C8H18N3.C7H14O2.C4H5NO3.C2H8N2.ClH/c1-8(2)4-3-5-9(12)11-7-6-10;1-4-9-8-10-6-5-7-11(8,2)3;1-6(2)4-3-5-7(8)9;6-3-1-2-4(7)5(3)8;3-1-2-4;/h8H,3-7,10H2,1-2H3,(H,11,12);4-7H2,1-3H3,(H,9,10);6H,3-5H2,1-2H3,(H,8,9);8H,1-2H2;1-4H2;1H/q;+1;;;;/p-1. The zero-order valence-electron chi connectivity index (χ0n) is 28.9. The van der Waals surface area contributed by atoms with Gasteiger partial charge in [0.25, 0.3) is 17.8 Å². The van der Waals surface area contributed by atoms with E-state index >= 15 is 0 Å². The Balaban J connectivity index is -0.000000240. The Morgan fingerprint density at radius 2 is 1.42 bits per heavy atom. The van der Waals surface area contributed by atoms with E-state index in [1.54, 1.807) is 0 Å². The molecule has 45 heavy (non-hydrogen) atoms. The maximum Gasteiger partial charge on any atom is 0.303 e. The molecule has 2 heterocycles. The number of carbonyl (C=O) groups excluding carboxylic acids is 3. The molecule has 0 bridgehead atoms. The van der Waals surface area contributed by atoms with Gasteiger partial charge in [0.05, 0.1) is 27.2 Å². The quantitative estimate of drug-likeness (QED) is 0.0735. The first-order valence-electron chi connectivity index (χ1n) is 15.8. The number of hydrogen-bond donors (Lipinski definition) is 7. The number of halogens is 1. The lowest BCUT2D eigenvalue weighted by Crippen LogP contribution is -3.00. The highest BCUT2D eigenvalue weighted by Gasteiger charge is 2.27. The topological polar surface area (TPSA) is 226 Å². The van der Waals surface area contributed by atoms with E-state index < -0.39 is 17.8 Å². The number of hydrogen-bond acceptors (Lipinski definition) is 10. The number of carboxylic acids is 1. The maximum atomic E-state index is 11.0. The number of nitrogens with zero attached hydrogens (tertiary/aromatic N) is 3. The Kier molecular flexibility index (Phi) is 34.8. The number of rotatable bonds is 12. The average molecular weight is 669 g/mol. The molecule has 2 aliphatic rings. The molecule has 268 valence electrons. The maximum absolute atomic E-state index is 11.0. The molecule has 0 aromatic heterocycles. The van der Waals surface area contributed by atoms with Gasteiger partial charge in [-0.15, -0.1) is 0 Å².